The molecule has 0 radical (unpaired) electrons. The Morgan fingerprint density at radius 3 is 3.10 bits per heavy atom. The number of hydrogen-bond donors (Lipinski definition) is 0. The van der Waals surface area contributed by atoms with Crippen LogP contribution in [0.2, 0.25) is 0 Å². The van der Waals surface area contributed by atoms with Crippen molar-refractivity contribution in [3.8, 4) is 0 Å². The lowest BCUT2D eigenvalue weighted by Gasteiger charge is -2.32. The smallest absolute Gasteiger partial charge is 0.225 e. The maximum atomic E-state index is 12.4. The summed E-state index contributed by atoms with van der Waals surface area (Å²) in [6.07, 6.45) is 6.08. The first-order valence-electron chi connectivity index (χ1n) is 8.10. The SMILES string of the molecule is CCc1csc(C2CCCN(C(=O)CC3CCCO3)C2)n1. The van der Waals surface area contributed by atoms with E-state index >= 15 is 0 Å². The van der Waals surface area contributed by atoms with Gasteiger partial charge in [-0.2, -0.15) is 0 Å². The van der Waals surface area contributed by atoms with Gasteiger partial charge in [0.2, 0.25) is 5.91 Å². The highest BCUT2D eigenvalue weighted by Gasteiger charge is 2.28. The molecule has 0 N–H and O–H groups in total. The zero-order chi connectivity index (χ0) is 14.7. The minimum Gasteiger partial charge on any atom is -0.378 e. The summed E-state index contributed by atoms with van der Waals surface area (Å²) in [5.74, 6) is 0.691. The quantitative estimate of drug-likeness (QED) is 0.859. The molecular formula is C16H24N2O2S. The second-order valence-electron chi connectivity index (χ2n) is 6.05. The molecule has 1 aromatic rings. The largest absolute Gasteiger partial charge is 0.378 e. The minimum absolute atomic E-state index is 0.157. The molecule has 1 amide bonds. The van der Waals surface area contributed by atoms with Gasteiger partial charge in [0.15, 0.2) is 0 Å². The summed E-state index contributed by atoms with van der Waals surface area (Å²) in [6, 6.07) is 0. The monoisotopic (exact) mass is 308 g/mol. The fourth-order valence-electron chi connectivity index (χ4n) is 3.21. The van der Waals surface area contributed by atoms with Gasteiger partial charge in [-0.3, -0.25) is 4.79 Å². The average molecular weight is 308 g/mol. The third kappa shape index (κ3) is 3.64. The van der Waals surface area contributed by atoms with E-state index in [0.29, 0.717) is 12.3 Å². The van der Waals surface area contributed by atoms with E-state index < -0.39 is 0 Å². The number of likely N-dealkylation sites (tertiary alicyclic amines) is 1. The summed E-state index contributed by atoms with van der Waals surface area (Å²) in [5.41, 5.74) is 1.18. The van der Waals surface area contributed by atoms with E-state index in [1.54, 1.807) is 11.3 Å². The summed E-state index contributed by atoms with van der Waals surface area (Å²) in [4.78, 5) is 19.2. The molecule has 0 bridgehead atoms. The second-order valence-corrected chi connectivity index (χ2v) is 6.94. The maximum absolute atomic E-state index is 12.4. The Morgan fingerprint density at radius 2 is 2.38 bits per heavy atom. The van der Waals surface area contributed by atoms with Crippen LogP contribution in [-0.4, -0.2) is 41.6 Å². The van der Waals surface area contributed by atoms with Crippen LogP contribution in [0.25, 0.3) is 0 Å². The Bertz CT molecular complexity index is 482. The van der Waals surface area contributed by atoms with Gasteiger partial charge in [-0.15, -0.1) is 11.3 Å². The van der Waals surface area contributed by atoms with Crippen molar-refractivity contribution in [2.75, 3.05) is 19.7 Å². The second kappa shape index (κ2) is 6.88. The molecule has 2 aliphatic rings. The number of hydrogen-bond acceptors (Lipinski definition) is 4. The zero-order valence-electron chi connectivity index (χ0n) is 12.7. The Hall–Kier alpha value is -0.940. The molecule has 3 rings (SSSR count). The van der Waals surface area contributed by atoms with Gasteiger partial charge in [-0.1, -0.05) is 6.92 Å². The van der Waals surface area contributed by atoms with Gasteiger partial charge >= 0.3 is 0 Å². The van der Waals surface area contributed by atoms with Crippen LogP contribution in [0.4, 0.5) is 0 Å². The van der Waals surface area contributed by atoms with E-state index in [9.17, 15) is 4.79 Å². The highest BCUT2D eigenvalue weighted by Crippen LogP contribution is 2.30. The first-order chi connectivity index (χ1) is 10.3. The van der Waals surface area contributed by atoms with Crippen LogP contribution in [0, 0.1) is 0 Å². The number of rotatable bonds is 4. The van der Waals surface area contributed by atoms with Gasteiger partial charge in [-0.05, 0) is 32.1 Å². The molecule has 5 heteroatoms. The maximum Gasteiger partial charge on any atom is 0.225 e. The molecule has 2 atom stereocenters. The zero-order valence-corrected chi connectivity index (χ0v) is 13.5. The molecule has 0 aromatic carbocycles. The first kappa shape index (κ1) is 15.0. The fraction of sp³-hybridized carbons (Fsp3) is 0.750. The van der Waals surface area contributed by atoms with Crippen LogP contribution >= 0.6 is 11.3 Å². The number of thiazole rings is 1. The van der Waals surface area contributed by atoms with Gasteiger partial charge < -0.3 is 9.64 Å². The lowest BCUT2D eigenvalue weighted by atomic mass is 9.98. The Balaban J connectivity index is 1.58. The third-order valence-electron chi connectivity index (χ3n) is 4.48. The van der Waals surface area contributed by atoms with Gasteiger partial charge in [0.25, 0.3) is 0 Å². The van der Waals surface area contributed by atoms with Crippen LogP contribution in [0.5, 0.6) is 0 Å². The van der Waals surface area contributed by atoms with Gasteiger partial charge in [-0.25, -0.2) is 4.98 Å². The highest BCUT2D eigenvalue weighted by molar-refractivity contribution is 7.09. The number of carbonyl (C=O) groups is 1. The average Bonchev–Trinajstić information content (AvgIpc) is 3.18. The fourth-order valence-corrected chi connectivity index (χ4v) is 4.24. The van der Waals surface area contributed by atoms with Gasteiger partial charge in [0, 0.05) is 31.0 Å². The highest BCUT2D eigenvalue weighted by atomic mass is 32.1. The molecule has 2 fully saturated rings. The summed E-state index contributed by atoms with van der Waals surface area (Å²) in [6.45, 7) is 4.69. The number of aryl methyl sites for hydroxylation is 1. The lowest BCUT2D eigenvalue weighted by Crippen LogP contribution is -2.40. The van der Waals surface area contributed by atoms with E-state index in [1.807, 2.05) is 4.90 Å². The Labute approximate surface area is 130 Å². The molecule has 21 heavy (non-hydrogen) atoms. The van der Waals surface area contributed by atoms with Crippen molar-refractivity contribution < 1.29 is 9.53 Å². The first-order valence-corrected chi connectivity index (χ1v) is 8.98. The molecule has 2 saturated heterocycles. The molecule has 0 saturated carbocycles. The Morgan fingerprint density at radius 1 is 1.48 bits per heavy atom. The van der Waals surface area contributed by atoms with Crippen LogP contribution in [0.3, 0.4) is 0 Å². The normalized spacial score (nSPS) is 26.2. The van der Waals surface area contributed by atoms with Crippen molar-refractivity contribution >= 4 is 17.2 Å². The van der Waals surface area contributed by atoms with E-state index in [4.69, 9.17) is 9.72 Å². The van der Waals surface area contributed by atoms with Crippen LogP contribution in [0.1, 0.15) is 55.6 Å². The molecule has 4 nitrogen and oxygen atoms in total. The van der Waals surface area contributed by atoms with E-state index in [2.05, 4.69) is 12.3 Å². The van der Waals surface area contributed by atoms with Crippen molar-refractivity contribution in [1.82, 2.24) is 9.88 Å². The Kier molecular flexibility index (Phi) is 4.91. The molecule has 0 aliphatic carbocycles. The molecule has 1 aromatic heterocycles. The van der Waals surface area contributed by atoms with E-state index in [1.165, 1.54) is 10.7 Å². The number of aromatic nitrogens is 1. The van der Waals surface area contributed by atoms with Gasteiger partial charge in [0.1, 0.15) is 0 Å². The summed E-state index contributed by atoms with van der Waals surface area (Å²) in [7, 11) is 0. The molecule has 0 spiro atoms. The number of piperidine rings is 1. The van der Waals surface area contributed by atoms with Crippen LogP contribution in [0.15, 0.2) is 5.38 Å². The van der Waals surface area contributed by atoms with Crippen molar-refractivity contribution in [1.29, 1.82) is 0 Å². The van der Waals surface area contributed by atoms with E-state index in [0.717, 1.165) is 51.8 Å². The van der Waals surface area contributed by atoms with Crippen molar-refractivity contribution in [2.45, 2.75) is 57.5 Å². The van der Waals surface area contributed by atoms with E-state index in [-0.39, 0.29) is 12.0 Å². The summed E-state index contributed by atoms with van der Waals surface area (Å²) >= 11 is 1.75. The topological polar surface area (TPSA) is 42.4 Å². The number of ether oxygens (including phenoxy) is 1. The number of nitrogens with zero attached hydrogens (tertiary/aromatic N) is 2. The van der Waals surface area contributed by atoms with Gasteiger partial charge in [0.05, 0.1) is 23.2 Å². The molecule has 2 aliphatic heterocycles. The summed E-state index contributed by atoms with van der Waals surface area (Å²) in [5, 5.41) is 3.36. The third-order valence-corrected chi connectivity index (χ3v) is 5.54. The van der Waals surface area contributed by atoms with Crippen LogP contribution in [-0.2, 0) is 16.0 Å². The van der Waals surface area contributed by atoms with Crippen molar-refractivity contribution in [2.24, 2.45) is 0 Å². The number of carbonyl (C=O) groups excluding carboxylic acids is 1. The van der Waals surface area contributed by atoms with Crippen molar-refractivity contribution in [3.63, 3.8) is 0 Å². The minimum atomic E-state index is 0.157. The lowest BCUT2D eigenvalue weighted by molar-refractivity contribution is -0.134. The number of amides is 1. The molecular weight excluding hydrogens is 284 g/mol. The van der Waals surface area contributed by atoms with Crippen LogP contribution < -0.4 is 0 Å². The molecule has 2 unspecified atom stereocenters. The summed E-state index contributed by atoms with van der Waals surface area (Å²) < 4.78 is 5.59. The van der Waals surface area contributed by atoms with Crippen molar-refractivity contribution in [3.05, 3.63) is 16.1 Å². The standard InChI is InChI=1S/C16H24N2O2S/c1-2-13-11-21-16(17-13)12-5-3-7-18(10-12)15(19)9-14-6-4-8-20-14/h11-12,14H,2-10H2,1H3. The predicted molar refractivity (Wildman–Crippen MR) is 83.6 cm³/mol. The molecule has 3 heterocycles. The molecule has 116 valence electrons. The predicted octanol–water partition coefficient (Wildman–Crippen LogP) is 2.98.